The number of carbonyl (C=O) groups is 2. The molecule has 2 N–H and O–H groups in total. The molecule has 0 heterocycles. The van der Waals surface area contributed by atoms with Crippen molar-refractivity contribution in [2.24, 2.45) is 5.92 Å². The van der Waals surface area contributed by atoms with Crippen molar-refractivity contribution < 1.29 is 14.7 Å². The highest BCUT2D eigenvalue weighted by Crippen LogP contribution is 2.07. The number of nitrogens with zero attached hydrogens (tertiary/aromatic N) is 1. The van der Waals surface area contributed by atoms with Crippen LogP contribution in [0.1, 0.15) is 27.7 Å². The molecule has 0 aromatic heterocycles. The number of carboxylic acids is 1. The molecule has 18 heavy (non-hydrogen) atoms. The lowest BCUT2D eigenvalue weighted by molar-refractivity contribution is -0.133. The van der Waals surface area contributed by atoms with E-state index in [0.717, 1.165) is 0 Å². The Morgan fingerprint density at radius 2 is 1.67 bits per heavy atom. The highest BCUT2D eigenvalue weighted by Gasteiger charge is 2.18. The van der Waals surface area contributed by atoms with E-state index in [4.69, 9.17) is 5.11 Å². The quantitative estimate of drug-likeness (QED) is 0.698. The summed E-state index contributed by atoms with van der Waals surface area (Å²) in [5.41, 5.74) is 0.335. The summed E-state index contributed by atoms with van der Waals surface area (Å²) in [6.07, 6.45) is 0. The van der Waals surface area contributed by atoms with Crippen molar-refractivity contribution >= 4 is 11.9 Å². The average molecular weight is 256 g/mol. The summed E-state index contributed by atoms with van der Waals surface area (Å²) >= 11 is 0. The second-order valence-electron chi connectivity index (χ2n) is 5.04. The van der Waals surface area contributed by atoms with Gasteiger partial charge in [0.05, 0.1) is 0 Å². The van der Waals surface area contributed by atoms with E-state index in [0.29, 0.717) is 12.5 Å². The van der Waals surface area contributed by atoms with Gasteiger partial charge >= 0.3 is 5.97 Å². The van der Waals surface area contributed by atoms with E-state index in [-0.39, 0.29) is 23.1 Å². The van der Waals surface area contributed by atoms with E-state index in [9.17, 15) is 9.59 Å². The van der Waals surface area contributed by atoms with Gasteiger partial charge in [-0.05, 0) is 33.9 Å². The Balaban J connectivity index is 4.60. The number of carboxylic acid groups (broad SMARTS) is 1. The SMILES string of the molecule is CC(C(=O)O)=C(C)C(=O)NCC(C(C)C)N(C)C. The lowest BCUT2D eigenvalue weighted by atomic mass is 10.0. The number of aliphatic carboxylic acids is 1. The molecule has 104 valence electrons. The smallest absolute Gasteiger partial charge is 0.331 e. The minimum absolute atomic E-state index is 0.0819. The van der Waals surface area contributed by atoms with Crippen LogP contribution in [0.25, 0.3) is 0 Å². The van der Waals surface area contributed by atoms with Crippen LogP contribution < -0.4 is 5.32 Å². The molecule has 0 aliphatic carbocycles. The second kappa shape index (κ2) is 7.16. The van der Waals surface area contributed by atoms with E-state index in [1.165, 1.54) is 13.8 Å². The minimum atomic E-state index is -1.06. The van der Waals surface area contributed by atoms with E-state index in [1.54, 1.807) is 0 Å². The van der Waals surface area contributed by atoms with Gasteiger partial charge < -0.3 is 15.3 Å². The first-order valence-corrected chi connectivity index (χ1v) is 6.03. The summed E-state index contributed by atoms with van der Waals surface area (Å²) in [5, 5.41) is 11.6. The van der Waals surface area contributed by atoms with Gasteiger partial charge in [-0.15, -0.1) is 0 Å². The maximum atomic E-state index is 11.8. The minimum Gasteiger partial charge on any atom is -0.478 e. The molecule has 0 aromatic carbocycles. The summed E-state index contributed by atoms with van der Waals surface area (Å²) in [6.45, 7) is 7.64. The molecule has 0 rings (SSSR count). The van der Waals surface area contributed by atoms with Gasteiger partial charge in [-0.2, -0.15) is 0 Å². The molecule has 0 fully saturated rings. The Hall–Kier alpha value is -1.36. The van der Waals surface area contributed by atoms with Crippen molar-refractivity contribution in [2.45, 2.75) is 33.7 Å². The molecule has 0 saturated heterocycles. The first-order chi connectivity index (χ1) is 8.18. The number of hydrogen-bond donors (Lipinski definition) is 2. The fraction of sp³-hybridized carbons (Fsp3) is 0.692. The van der Waals surface area contributed by atoms with Crippen LogP contribution in [0.3, 0.4) is 0 Å². The monoisotopic (exact) mass is 256 g/mol. The van der Waals surface area contributed by atoms with Crippen molar-refractivity contribution in [3.05, 3.63) is 11.1 Å². The third-order valence-corrected chi connectivity index (χ3v) is 3.13. The van der Waals surface area contributed by atoms with Crippen molar-refractivity contribution in [1.82, 2.24) is 10.2 Å². The molecule has 0 aromatic rings. The maximum absolute atomic E-state index is 11.8. The number of hydrogen-bond acceptors (Lipinski definition) is 3. The summed E-state index contributed by atoms with van der Waals surface area (Å²) < 4.78 is 0. The van der Waals surface area contributed by atoms with Gasteiger partial charge in [-0.25, -0.2) is 4.79 Å². The molecule has 1 unspecified atom stereocenters. The molecular formula is C13H24N2O3. The number of likely N-dealkylation sites (N-methyl/N-ethyl adjacent to an activating group) is 1. The van der Waals surface area contributed by atoms with Crippen molar-refractivity contribution in [1.29, 1.82) is 0 Å². The zero-order valence-corrected chi connectivity index (χ0v) is 12.1. The zero-order valence-electron chi connectivity index (χ0n) is 12.1. The highest BCUT2D eigenvalue weighted by atomic mass is 16.4. The van der Waals surface area contributed by atoms with Gasteiger partial charge in [-0.3, -0.25) is 4.79 Å². The highest BCUT2D eigenvalue weighted by molar-refractivity contribution is 6.01. The van der Waals surface area contributed by atoms with E-state index < -0.39 is 5.97 Å². The molecule has 0 saturated carbocycles. The predicted molar refractivity (Wildman–Crippen MR) is 71.3 cm³/mol. The Morgan fingerprint density at radius 1 is 1.17 bits per heavy atom. The molecular weight excluding hydrogens is 232 g/mol. The van der Waals surface area contributed by atoms with Gasteiger partial charge in [0.25, 0.3) is 0 Å². The molecule has 0 bridgehead atoms. The summed E-state index contributed by atoms with van der Waals surface area (Å²) in [5.74, 6) is -0.969. The maximum Gasteiger partial charge on any atom is 0.331 e. The third-order valence-electron chi connectivity index (χ3n) is 3.13. The largest absolute Gasteiger partial charge is 0.478 e. The van der Waals surface area contributed by atoms with Crippen LogP contribution in [0.5, 0.6) is 0 Å². The van der Waals surface area contributed by atoms with Crippen LogP contribution >= 0.6 is 0 Å². The molecule has 0 aliphatic rings. The third kappa shape index (κ3) is 4.87. The standard InChI is InChI=1S/C13H24N2O3/c1-8(2)11(15(5)6)7-14-12(16)9(3)10(4)13(17)18/h8,11H,7H2,1-6H3,(H,14,16)(H,17,18). The fourth-order valence-corrected chi connectivity index (χ4v) is 1.68. The second-order valence-corrected chi connectivity index (χ2v) is 5.04. The zero-order chi connectivity index (χ0) is 14.5. The van der Waals surface area contributed by atoms with Crippen molar-refractivity contribution in [3.8, 4) is 0 Å². The normalized spacial score (nSPS) is 14.4. The molecule has 0 aliphatic heterocycles. The van der Waals surface area contributed by atoms with E-state index in [1.807, 2.05) is 19.0 Å². The molecule has 0 radical (unpaired) electrons. The average Bonchev–Trinajstić information content (AvgIpc) is 2.25. The summed E-state index contributed by atoms with van der Waals surface area (Å²) in [7, 11) is 3.92. The lowest BCUT2D eigenvalue weighted by Gasteiger charge is -2.28. The van der Waals surface area contributed by atoms with Crippen LogP contribution in [0.4, 0.5) is 0 Å². The van der Waals surface area contributed by atoms with Crippen LogP contribution in [0.15, 0.2) is 11.1 Å². The Kier molecular flexibility index (Phi) is 6.62. The van der Waals surface area contributed by atoms with Gasteiger partial charge in [0.15, 0.2) is 0 Å². The summed E-state index contributed by atoms with van der Waals surface area (Å²) in [4.78, 5) is 24.6. The molecule has 5 nitrogen and oxygen atoms in total. The Labute approximate surface area is 109 Å². The topological polar surface area (TPSA) is 69.6 Å². The number of amides is 1. The van der Waals surface area contributed by atoms with E-state index in [2.05, 4.69) is 19.2 Å². The Morgan fingerprint density at radius 3 is 2.00 bits per heavy atom. The molecule has 1 amide bonds. The first-order valence-electron chi connectivity index (χ1n) is 6.03. The van der Waals surface area contributed by atoms with Crippen LogP contribution in [0, 0.1) is 5.92 Å². The number of carbonyl (C=O) groups excluding carboxylic acids is 1. The number of rotatable bonds is 6. The molecule has 1 atom stereocenters. The Bertz CT molecular complexity index is 338. The van der Waals surface area contributed by atoms with Crippen molar-refractivity contribution in [2.75, 3.05) is 20.6 Å². The molecule has 0 spiro atoms. The van der Waals surface area contributed by atoms with E-state index >= 15 is 0 Å². The van der Waals surface area contributed by atoms with Gasteiger partial charge in [0.1, 0.15) is 0 Å². The van der Waals surface area contributed by atoms with Gasteiger partial charge in [0.2, 0.25) is 5.91 Å². The van der Waals surface area contributed by atoms with Crippen LogP contribution in [-0.2, 0) is 9.59 Å². The van der Waals surface area contributed by atoms with Gasteiger partial charge in [0, 0.05) is 23.7 Å². The predicted octanol–water partition coefficient (Wildman–Crippen LogP) is 1.11. The van der Waals surface area contributed by atoms with Crippen molar-refractivity contribution in [3.63, 3.8) is 0 Å². The molecule has 5 heteroatoms. The number of nitrogens with one attached hydrogen (secondary N) is 1. The van der Waals surface area contributed by atoms with Gasteiger partial charge in [-0.1, -0.05) is 13.8 Å². The lowest BCUT2D eigenvalue weighted by Crippen LogP contribution is -2.43. The first kappa shape index (κ1) is 16.6. The van der Waals surface area contributed by atoms with Crippen LogP contribution in [0.2, 0.25) is 0 Å². The van der Waals surface area contributed by atoms with Crippen LogP contribution in [-0.4, -0.2) is 48.6 Å². The summed E-state index contributed by atoms with van der Waals surface area (Å²) in [6, 6.07) is 0.229. The fourth-order valence-electron chi connectivity index (χ4n) is 1.68.